The van der Waals surface area contributed by atoms with Crippen LogP contribution in [-0.2, 0) is 19.4 Å². The van der Waals surface area contributed by atoms with E-state index in [0.29, 0.717) is 35.6 Å². The van der Waals surface area contributed by atoms with Gasteiger partial charge in [0.25, 0.3) is 5.91 Å². The van der Waals surface area contributed by atoms with Crippen LogP contribution in [0.1, 0.15) is 98.5 Å². The number of rotatable bonds is 7. The number of nitrogens with zero attached hydrogens (tertiary/aromatic N) is 2. The molecule has 1 spiro atoms. The molecule has 2 aliphatic carbocycles. The summed E-state index contributed by atoms with van der Waals surface area (Å²) < 4.78 is 24.7. The predicted octanol–water partition coefficient (Wildman–Crippen LogP) is 6.58. The zero-order valence-electron chi connectivity index (χ0n) is 25.7. The molecule has 1 fully saturated rings. The maximum Gasteiger partial charge on any atom is 0.331 e. The molecule has 1 saturated carbocycles. The smallest absolute Gasteiger partial charge is 0.331 e. The van der Waals surface area contributed by atoms with Crippen LogP contribution in [0.3, 0.4) is 0 Å². The summed E-state index contributed by atoms with van der Waals surface area (Å²) in [5, 5.41) is 9.53. The molecule has 0 bridgehead atoms. The van der Waals surface area contributed by atoms with Crippen molar-refractivity contribution < 1.29 is 23.1 Å². The van der Waals surface area contributed by atoms with E-state index in [4.69, 9.17) is 4.99 Å². The second kappa shape index (κ2) is 11.2. The topological polar surface area (TPSA) is 104 Å². The molecule has 1 N–H and O–H groups in total. The van der Waals surface area contributed by atoms with Crippen LogP contribution in [0.2, 0.25) is 0 Å². The quantitative estimate of drug-likeness (QED) is 0.391. The Morgan fingerprint density at radius 3 is 2.27 bits per heavy atom. The molecule has 1 aromatic rings. The van der Waals surface area contributed by atoms with E-state index in [1.165, 1.54) is 6.26 Å². The van der Waals surface area contributed by atoms with Gasteiger partial charge in [0.1, 0.15) is 11.4 Å². The number of hydrogen-bond acceptors (Lipinski definition) is 5. The van der Waals surface area contributed by atoms with Gasteiger partial charge in [-0.2, -0.15) is 0 Å². The molecule has 41 heavy (non-hydrogen) atoms. The number of carboxylic acids is 1. The molecule has 1 atom stereocenters. The van der Waals surface area contributed by atoms with Gasteiger partial charge in [-0.3, -0.25) is 9.79 Å². The highest BCUT2D eigenvalue weighted by atomic mass is 32.2. The SMILES string of the molecule is CC(C)(C)CCC(C1=CC=C(C(=O)O)CC1)N1C(=O)C(c2cccc(S(C)(=O)=O)c2)=NC12CCC(C(C)(C)C)CC2. The van der Waals surface area contributed by atoms with Gasteiger partial charge in [-0.1, -0.05) is 65.8 Å². The molecule has 0 aromatic heterocycles. The minimum absolute atomic E-state index is 0.0445. The Morgan fingerprint density at radius 1 is 1.10 bits per heavy atom. The third kappa shape index (κ3) is 6.85. The molecular formula is C33H46N2O5S. The van der Waals surface area contributed by atoms with Crippen LogP contribution in [0.25, 0.3) is 0 Å². The molecule has 0 radical (unpaired) electrons. The van der Waals surface area contributed by atoms with Gasteiger partial charge < -0.3 is 10.0 Å². The number of allylic oxidation sites excluding steroid dienone is 2. The number of aliphatic carboxylic acids is 1. The predicted molar refractivity (Wildman–Crippen MR) is 163 cm³/mol. The molecular weight excluding hydrogens is 536 g/mol. The third-order valence-electron chi connectivity index (χ3n) is 9.10. The maximum absolute atomic E-state index is 14.5. The van der Waals surface area contributed by atoms with Crippen molar-refractivity contribution in [2.45, 2.75) is 110 Å². The van der Waals surface area contributed by atoms with Crippen LogP contribution in [-0.4, -0.2) is 54.0 Å². The van der Waals surface area contributed by atoms with Gasteiger partial charge in [-0.05, 0) is 85.8 Å². The lowest BCUT2D eigenvalue weighted by atomic mass is 9.69. The van der Waals surface area contributed by atoms with Crippen LogP contribution in [0.4, 0.5) is 0 Å². The van der Waals surface area contributed by atoms with Crippen molar-refractivity contribution >= 4 is 27.4 Å². The Labute approximate surface area is 245 Å². The lowest BCUT2D eigenvalue weighted by Gasteiger charge is -2.48. The first kappa shape index (κ1) is 31.2. The van der Waals surface area contributed by atoms with Crippen molar-refractivity contribution in [3.63, 3.8) is 0 Å². The summed E-state index contributed by atoms with van der Waals surface area (Å²) in [6.45, 7) is 13.4. The maximum atomic E-state index is 14.5. The summed E-state index contributed by atoms with van der Waals surface area (Å²) in [6.07, 6.45) is 10.8. The highest BCUT2D eigenvalue weighted by molar-refractivity contribution is 7.90. The average Bonchev–Trinajstić information content (AvgIpc) is 3.14. The first-order chi connectivity index (χ1) is 18.9. The van der Waals surface area contributed by atoms with E-state index in [0.717, 1.165) is 44.1 Å². The fourth-order valence-corrected chi connectivity index (χ4v) is 7.23. The largest absolute Gasteiger partial charge is 0.478 e. The van der Waals surface area contributed by atoms with Gasteiger partial charge >= 0.3 is 5.97 Å². The fraction of sp³-hybridized carbons (Fsp3) is 0.606. The van der Waals surface area contributed by atoms with Crippen molar-refractivity contribution in [1.29, 1.82) is 0 Å². The number of amides is 1. The number of hydrogen-bond donors (Lipinski definition) is 1. The summed E-state index contributed by atoms with van der Waals surface area (Å²) in [5.74, 6) is -0.560. The standard InChI is InChI=1S/C33H46N2O5S/c1-31(2,3)18-17-27(22-11-13-23(14-12-22)30(37)38)35-29(36)28(24-9-8-10-26(21-24)41(7,39)40)34-33(35)19-15-25(16-20-33)32(4,5)6/h8-11,13,21,25,27H,12,14-20H2,1-7H3,(H,37,38). The van der Waals surface area contributed by atoms with E-state index in [9.17, 15) is 23.1 Å². The summed E-state index contributed by atoms with van der Waals surface area (Å²) in [7, 11) is -3.46. The van der Waals surface area contributed by atoms with E-state index < -0.39 is 21.5 Å². The van der Waals surface area contributed by atoms with E-state index in [1.54, 1.807) is 30.3 Å². The zero-order valence-corrected chi connectivity index (χ0v) is 26.5. The van der Waals surface area contributed by atoms with Gasteiger partial charge in [0.15, 0.2) is 9.84 Å². The average molecular weight is 583 g/mol. The van der Waals surface area contributed by atoms with Crippen LogP contribution in [0.5, 0.6) is 0 Å². The number of carbonyl (C=O) groups is 2. The highest BCUT2D eigenvalue weighted by Gasteiger charge is 2.53. The first-order valence-corrected chi connectivity index (χ1v) is 16.7. The van der Waals surface area contributed by atoms with Crippen LogP contribution in [0, 0.1) is 16.7 Å². The van der Waals surface area contributed by atoms with Crippen LogP contribution < -0.4 is 0 Å². The molecule has 7 nitrogen and oxygen atoms in total. The molecule has 224 valence electrons. The Morgan fingerprint density at radius 2 is 1.76 bits per heavy atom. The lowest BCUT2D eigenvalue weighted by Crippen LogP contribution is -2.55. The number of benzene rings is 1. The third-order valence-corrected chi connectivity index (χ3v) is 10.2. The normalized spacial score (nSPS) is 24.7. The van der Waals surface area contributed by atoms with E-state index in [-0.39, 0.29) is 27.7 Å². The number of sulfone groups is 1. The summed E-state index contributed by atoms with van der Waals surface area (Å²) in [5.41, 5.74) is 1.78. The molecule has 3 aliphatic rings. The Bertz CT molecular complexity index is 1400. The highest BCUT2D eigenvalue weighted by Crippen LogP contribution is 2.49. The summed E-state index contributed by atoms with van der Waals surface area (Å²) in [4.78, 5) is 33.5. The molecule has 1 aromatic carbocycles. The Kier molecular flexibility index (Phi) is 8.49. The van der Waals surface area contributed by atoms with Gasteiger partial charge in [0.05, 0.1) is 10.9 Å². The molecule has 1 aliphatic heterocycles. The second-order valence-electron chi connectivity index (χ2n) is 14.4. The lowest BCUT2D eigenvalue weighted by molar-refractivity contribution is -0.134. The van der Waals surface area contributed by atoms with Gasteiger partial charge in [-0.15, -0.1) is 0 Å². The van der Waals surface area contributed by atoms with Crippen molar-refractivity contribution in [1.82, 2.24) is 4.90 Å². The minimum atomic E-state index is -3.46. The van der Waals surface area contributed by atoms with Crippen molar-refractivity contribution in [2.24, 2.45) is 21.7 Å². The van der Waals surface area contributed by atoms with Gasteiger partial charge in [0, 0.05) is 17.4 Å². The number of carboxylic acid groups (broad SMARTS) is 1. The zero-order chi connectivity index (χ0) is 30.4. The van der Waals surface area contributed by atoms with E-state index in [1.807, 2.05) is 11.0 Å². The van der Waals surface area contributed by atoms with Gasteiger partial charge in [-0.25, -0.2) is 13.2 Å². The number of aliphatic imine (C=N–C) groups is 1. The molecule has 4 rings (SSSR count). The molecule has 0 saturated heterocycles. The molecule has 1 amide bonds. The summed E-state index contributed by atoms with van der Waals surface area (Å²) >= 11 is 0. The van der Waals surface area contributed by atoms with E-state index in [2.05, 4.69) is 41.5 Å². The summed E-state index contributed by atoms with van der Waals surface area (Å²) in [6, 6.07) is 6.34. The van der Waals surface area contributed by atoms with E-state index >= 15 is 0 Å². The molecule has 1 unspecified atom stereocenters. The van der Waals surface area contributed by atoms with Crippen LogP contribution in [0.15, 0.2) is 57.5 Å². The van der Waals surface area contributed by atoms with Crippen molar-refractivity contribution in [3.8, 4) is 0 Å². The monoisotopic (exact) mass is 582 g/mol. The Hall–Kier alpha value is -2.74. The molecule has 8 heteroatoms. The fourth-order valence-electron chi connectivity index (χ4n) is 6.56. The first-order valence-electron chi connectivity index (χ1n) is 14.8. The van der Waals surface area contributed by atoms with Crippen molar-refractivity contribution in [2.75, 3.05) is 6.26 Å². The minimum Gasteiger partial charge on any atom is -0.478 e. The van der Waals surface area contributed by atoms with Gasteiger partial charge in [0.2, 0.25) is 0 Å². The van der Waals surface area contributed by atoms with Crippen molar-refractivity contribution in [3.05, 3.63) is 53.1 Å². The molecule has 1 heterocycles. The number of carbonyl (C=O) groups excluding carboxylic acids is 1. The second-order valence-corrected chi connectivity index (χ2v) is 16.4. The van der Waals surface area contributed by atoms with Crippen LogP contribution >= 0.6 is 0 Å². The Balaban J connectivity index is 1.82.